The number of ether oxygens (including phenoxy) is 1. The van der Waals surface area contributed by atoms with Crippen LogP contribution in [0.1, 0.15) is 25.5 Å². The number of hydrogen-bond donors (Lipinski definition) is 1. The summed E-state index contributed by atoms with van der Waals surface area (Å²) in [5, 5.41) is 2.71. The fraction of sp³-hybridized carbons (Fsp3) is 0.278. The largest absolute Gasteiger partial charge is 0.494 e. The smallest absolute Gasteiger partial charge is 0.230 e. The molecular formula is C18H19F2NO2S. The van der Waals surface area contributed by atoms with Crippen molar-refractivity contribution in [2.75, 3.05) is 12.4 Å². The summed E-state index contributed by atoms with van der Waals surface area (Å²) in [6.45, 7) is 4.18. The maximum atomic E-state index is 13.7. The van der Waals surface area contributed by atoms with Gasteiger partial charge in [-0.2, -0.15) is 0 Å². The maximum absolute atomic E-state index is 13.7. The lowest BCUT2D eigenvalue weighted by Crippen LogP contribution is -2.28. The molecule has 1 atom stereocenters. The zero-order valence-electron chi connectivity index (χ0n) is 13.5. The molecule has 0 radical (unpaired) electrons. The maximum Gasteiger partial charge on any atom is 0.230 e. The fourth-order valence-electron chi connectivity index (χ4n) is 2.16. The average molecular weight is 351 g/mol. The molecule has 0 spiro atoms. The minimum Gasteiger partial charge on any atom is -0.494 e. The highest BCUT2D eigenvalue weighted by Crippen LogP contribution is 2.22. The van der Waals surface area contributed by atoms with Crippen LogP contribution in [0.25, 0.3) is 0 Å². The molecule has 2 aromatic carbocycles. The molecule has 3 nitrogen and oxygen atoms in total. The standard InChI is InChI=1S/C18H19F2NO2S/c1-3-23-14-5-7-15(8-6-14)24-11-18(22)21-12(2)16-9-4-13(19)10-17(16)20/h4-10,12H,3,11H2,1-2H3,(H,21,22)/t12-/m0/s1. The van der Waals surface area contributed by atoms with Gasteiger partial charge in [0.05, 0.1) is 18.4 Å². The molecule has 24 heavy (non-hydrogen) atoms. The Hall–Kier alpha value is -2.08. The third kappa shape index (κ3) is 5.23. The molecule has 1 amide bonds. The highest BCUT2D eigenvalue weighted by molar-refractivity contribution is 8.00. The lowest BCUT2D eigenvalue weighted by Gasteiger charge is -2.15. The number of carbonyl (C=O) groups excluding carboxylic acids is 1. The lowest BCUT2D eigenvalue weighted by molar-refractivity contribution is -0.119. The van der Waals surface area contributed by atoms with Crippen LogP contribution < -0.4 is 10.1 Å². The molecule has 2 rings (SSSR count). The van der Waals surface area contributed by atoms with Gasteiger partial charge in [0.2, 0.25) is 5.91 Å². The second-order valence-electron chi connectivity index (χ2n) is 5.15. The normalized spacial score (nSPS) is 11.8. The van der Waals surface area contributed by atoms with Crippen LogP contribution >= 0.6 is 11.8 Å². The first kappa shape index (κ1) is 18.3. The second kappa shape index (κ2) is 8.68. The number of hydrogen-bond acceptors (Lipinski definition) is 3. The fourth-order valence-corrected chi connectivity index (χ4v) is 2.87. The van der Waals surface area contributed by atoms with Crippen molar-refractivity contribution in [3.05, 3.63) is 59.7 Å². The van der Waals surface area contributed by atoms with Gasteiger partial charge in [0.25, 0.3) is 0 Å². The van der Waals surface area contributed by atoms with E-state index in [1.807, 2.05) is 31.2 Å². The molecule has 0 aliphatic carbocycles. The molecule has 0 aromatic heterocycles. The number of halogens is 2. The van der Waals surface area contributed by atoms with Crippen molar-refractivity contribution in [2.45, 2.75) is 24.8 Å². The van der Waals surface area contributed by atoms with Crippen molar-refractivity contribution >= 4 is 17.7 Å². The molecule has 2 aromatic rings. The molecule has 0 fully saturated rings. The summed E-state index contributed by atoms with van der Waals surface area (Å²) in [6, 6.07) is 10.3. The van der Waals surface area contributed by atoms with Gasteiger partial charge < -0.3 is 10.1 Å². The molecule has 0 saturated carbocycles. The molecule has 1 N–H and O–H groups in total. The van der Waals surface area contributed by atoms with Crippen LogP contribution in [0.2, 0.25) is 0 Å². The van der Waals surface area contributed by atoms with Crippen molar-refractivity contribution in [2.24, 2.45) is 0 Å². The summed E-state index contributed by atoms with van der Waals surface area (Å²) in [6.07, 6.45) is 0. The van der Waals surface area contributed by atoms with E-state index in [0.717, 1.165) is 16.7 Å². The van der Waals surface area contributed by atoms with Crippen LogP contribution in [0, 0.1) is 11.6 Å². The van der Waals surface area contributed by atoms with E-state index in [2.05, 4.69) is 5.32 Å². The van der Waals surface area contributed by atoms with Gasteiger partial charge in [-0.25, -0.2) is 8.78 Å². The molecule has 128 valence electrons. The predicted molar refractivity (Wildman–Crippen MR) is 91.3 cm³/mol. The molecule has 0 heterocycles. The Morgan fingerprint density at radius 3 is 2.54 bits per heavy atom. The SMILES string of the molecule is CCOc1ccc(SCC(=O)N[C@@H](C)c2ccc(F)cc2F)cc1. The molecule has 0 bridgehead atoms. The monoisotopic (exact) mass is 351 g/mol. The Balaban J connectivity index is 1.86. The van der Waals surface area contributed by atoms with Gasteiger partial charge in [0.1, 0.15) is 17.4 Å². The molecular weight excluding hydrogens is 332 g/mol. The molecule has 6 heteroatoms. The Labute approximate surface area is 144 Å². The summed E-state index contributed by atoms with van der Waals surface area (Å²) >= 11 is 1.38. The number of rotatable bonds is 7. The predicted octanol–water partition coefficient (Wildman–Crippen LogP) is 4.33. The van der Waals surface area contributed by atoms with Crippen molar-refractivity contribution in [1.29, 1.82) is 0 Å². The van der Waals surface area contributed by atoms with Gasteiger partial charge in [-0.15, -0.1) is 11.8 Å². The van der Waals surface area contributed by atoms with Gasteiger partial charge >= 0.3 is 0 Å². The summed E-state index contributed by atoms with van der Waals surface area (Å²) in [5.74, 6) is -0.527. The minimum atomic E-state index is -0.665. The quantitative estimate of drug-likeness (QED) is 0.755. The zero-order valence-corrected chi connectivity index (χ0v) is 14.3. The van der Waals surface area contributed by atoms with Gasteiger partial charge in [0.15, 0.2) is 0 Å². The van der Waals surface area contributed by atoms with E-state index >= 15 is 0 Å². The summed E-state index contributed by atoms with van der Waals surface area (Å²) in [4.78, 5) is 12.9. The van der Waals surface area contributed by atoms with Crippen molar-refractivity contribution in [3.63, 3.8) is 0 Å². The molecule has 0 aliphatic rings. The van der Waals surface area contributed by atoms with E-state index in [-0.39, 0.29) is 17.2 Å². The second-order valence-corrected chi connectivity index (χ2v) is 6.20. The zero-order chi connectivity index (χ0) is 17.5. The van der Waals surface area contributed by atoms with E-state index in [9.17, 15) is 13.6 Å². The van der Waals surface area contributed by atoms with E-state index in [1.54, 1.807) is 6.92 Å². The summed E-state index contributed by atoms with van der Waals surface area (Å²) < 4.78 is 32.0. The van der Waals surface area contributed by atoms with E-state index in [1.165, 1.54) is 23.9 Å². The van der Waals surface area contributed by atoms with Gasteiger partial charge in [-0.3, -0.25) is 4.79 Å². The minimum absolute atomic E-state index is 0.209. The van der Waals surface area contributed by atoms with Crippen LogP contribution in [-0.2, 0) is 4.79 Å². The highest BCUT2D eigenvalue weighted by atomic mass is 32.2. The first-order valence-electron chi connectivity index (χ1n) is 7.59. The Bertz CT molecular complexity index is 692. The third-order valence-electron chi connectivity index (χ3n) is 3.31. The number of thioether (sulfide) groups is 1. The number of benzene rings is 2. The Morgan fingerprint density at radius 1 is 1.21 bits per heavy atom. The van der Waals surface area contributed by atoms with Crippen LogP contribution in [0.3, 0.4) is 0 Å². The topological polar surface area (TPSA) is 38.3 Å². The Kier molecular flexibility index (Phi) is 6.61. The van der Waals surface area contributed by atoms with Gasteiger partial charge in [-0.05, 0) is 44.2 Å². The molecule has 0 saturated heterocycles. The first-order valence-corrected chi connectivity index (χ1v) is 8.58. The number of carbonyl (C=O) groups is 1. The van der Waals surface area contributed by atoms with E-state index < -0.39 is 17.7 Å². The van der Waals surface area contributed by atoms with Crippen molar-refractivity contribution in [1.82, 2.24) is 5.32 Å². The van der Waals surface area contributed by atoms with Crippen molar-refractivity contribution in [3.8, 4) is 5.75 Å². The third-order valence-corrected chi connectivity index (χ3v) is 4.32. The average Bonchev–Trinajstić information content (AvgIpc) is 2.54. The first-order chi connectivity index (χ1) is 11.5. The number of amides is 1. The van der Waals surface area contributed by atoms with E-state index in [0.29, 0.717) is 6.61 Å². The van der Waals surface area contributed by atoms with Crippen LogP contribution in [0.15, 0.2) is 47.4 Å². The van der Waals surface area contributed by atoms with Crippen LogP contribution in [0.5, 0.6) is 5.75 Å². The number of nitrogens with one attached hydrogen (secondary N) is 1. The summed E-state index contributed by atoms with van der Waals surface area (Å²) in [5.41, 5.74) is 0.260. The summed E-state index contributed by atoms with van der Waals surface area (Å²) in [7, 11) is 0. The molecule has 0 aliphatic heterocycles. The van der Waals surface area contributed by atoms with Crippen LogP contribution in [-0.4, -0.2) is 18.3 Å². The highest BCUT2D eigenvalue weighted by Gasteiger charge is 2.14. The molecule has 0 unspecified atom stereocenters. The van der Waals surface area contributed by atoms with Crippen molar-refractivity contribution < 1.29 is 18.3 Å². The van der Waals surface area contributed by atoms with Gasteiger partial charge in [-0.1, -0.05) is 6.07 Å². The lowest BCUT2D eigenvalue weighted by atomic mass is 10.1. The van der Waals surface area contributed by atoms with E-state index in [4.69, 9.17) is 4.74 Å². The van der Waals surface area contributed by atoms with Gasteiger partial charge in [0, 0.05) is 16.5 Å². The Morgan fingerprint density at radius 2 is 1.92 bits per heavy atom. The van der Waals surface area contributed by atoms with Crippen LogP contribution in [0.4, 0.5) is 8.78 Å².